The van der Waals surface area contributed by atoms with Gasteiger partial charge in [0.2, 0.25) is 5.91 Å². The van der Waals surface area contributed by atoms with Crippen molar-refractivity contribution in [2.75, 3.05) is 19.7 Å². The number of aliphatic hydroxyl groups is 1. The Morgan fingerprint density at radius 2 is 1.88 bits per heavy atom. The van der Waals surface area contributed by atoms with Crippen LogP contribution in [0, 0.1) is 17.0 Å². The second-order valence-electron chi connectivity index (χ2n) is 9.38. The minimum absolute atomic E-state index is 0.0442. The van der Waals surface area contributed by atoms with Crippen molar-refractivity contribution in [3.63, 3.8) is 0 Å². The number of hydrogen-bond donors (Lipinski definition) is 2. The first-order valence-corrected chi connectivity index (χ1v) is 11.3. The maximum absolute atomic E-state index is 14.6. The van der Waals surface area contributed by atoms with Gasteiger partial charge < -0.3 is 20.3 Å². The number of benzene rings is 2. The maximum atomic E-state index is 14.6. The van der Waals surface area contributed by atoms with Crippen LogP contribution in [0.3, 0.4) is 0 Å². The van der Waals surface area contributed by atoms with Gasteiger partial charge in [-0.05, 0) is 42.1 Å². The zero-order valence-electron chi connectivity index (χ0n) is 19.8. The van der Waals surface area contributed by atoms with E-state index in [-0.39, 0.29) is 11.3 Å². The van der Waals surface area contributed by atoms with Crippen LogP contribution < -0.4 is 5.73 Å². The first kappa shape index (κ1) is 25.5. The summed E-state index contributed by atoms with van der Waals surface area (Å²) in [5.74, 6) is -1.08. The van der Waals surface area contributed by atoms with E-state index < -0.39 is 35.6 Å². The lowest BCUT2D eigenvalue weighted by Crippen LogP contribution is -2.44. The molecule has 0 spiro atoms. The van der Waals surface area contributed by atoms with E-state index in [1.54, 1.807) is 11.1 Å². The van der Waals surface area contributed by atoms with Crippen LogP contribution in [0.25, 0.3) is 11.3 Å². The molecule has 2 aromatic carbocycles. The topological polar surface area (TPSA) is 84.4 Å². The van der Waals surface area contributed by atoms with Gasteiger partial charge >= 0.3 is 0 Å². The number of carbonyl (C=O) groups excluding carboxylic acids is 1. The summed E-state index contributed by atoms with van der Waals surface area (Å²) in [7, 11) is 0. The number of imidazole rings is 1. The van der Waals surface area contributed by atoms with Crippen LogP contribution in [0.15, 0.2) is 54.7 Å². The van der Waals surface area contributed by atoms with Crippen molar-refractivity contribution < 1.29 is 18.7 Å². The molecule has 8 heteroatoms. The van der Waals surface area contributed by atoms with Crippen LogP contribution in [0.1, 0.15) is 44.6 Å². The maximum Gasteiger partial charge on any atom is 0.248 e. The molecule has 3 rings (SSSR count). The van der Waals surface area contributed by atoms with Gasteiger partial charge in [-0.25, -0.2) is 13.8 Å². The number of rotatable bonds is 9. The molecular weight excluding hydrogens is 438 g/mol. The third kappa shape index (κ3) is 5.87. The molecule has 0 fully saturated rings. The van der Waals surface area contributed by atoms with Gasteiger partial charge in [-0.1, -0.05) is 51.1 Å². The van der Waals surface area contributed by atoms with E-state index in [0.29, 0.717) is 31.9 Å². The molecule has 0 radical (unpaired) electrons. The summed E-state index contributed by atoms with van der Waals surface area (Å²) < 4.78 is 30.5. The number of halogens is 2. The van der Waals surface area contributed by atoms with Gasteiger partial charge in [0.1, 0.15) is 24.1 Å². The van der Waals surface area contributed by atoms with Crippen LogP contribution in [0.5, 0.6) is 0 Å². The Bertz CT molecular complexity index is 1110. The minimum atomic E-state index is -0.651. The Kier molecular flexibility index (Phi) is 8.17. The molecule has 0 aliphatic rings. The van der Waals surface area contributed by atoms with Gasteiger partial charge in [0.25, 0.3) is 0 Å². The van der Waals surface area contributed by atoms with Gasteiger partial charge in [0.05, 0.1) is 11.7 Å². The molecule has 1 atom stereocenters. The van der Waals surface area contributed by atoms with E-state index in [2.05, 4.69) is 0 Å². The number of hydrogen-bond acceptors (Lipinski definition) is 4. The summed E-state index contributed by atoms with van der Waals surface area (Å²) in [6.07, 6.45) is 2.23. The molecule has 0 bridgehead atoms. The third-order valence-corrected chi connectivity index (χ3v) is 5.64. The largest absolute Gasteiger partial charge is 0.387 e. The lowest BCUT2D eigenvalue weighted by Gasteiger charge is -2.39. The second-order valence-corrected chi connectivity index (χ2v) is 9.38. The van der Waals surface area contributed by atoms with Crippen molar-refractivity contribution >= 4 is 5.91 Å². The molecule has 34 heavy (non-hydrogen) atoms. The van der Waals surface area contributed by atoms with E-state index in [4.69, 9.17) is 10.7 Å². The van der Waals surface area contributed by atoms with Crippen LogP contribution in [-0.4, -0.2) is 45.2 Å². The zero-order valence-corrected chi connectivity index (χ0v) is 19.8. The first-order valence-electron chi connectivity index (χ1n) is 11.3. The van der Waals surface area contributed by atoms with Crippen molar-refractivity contribution in [3.8, 4) is 11.3 Å². The molecule has 0 unspecified atom stereocenters. The summed E-state index contributed by atoms with van der Waals surface area (Å²) >= 11 is 0. The predicted octanol–water partition coefficient (Wildman–Crippen LogP) is 4.13. The monoisotopic (exact) mass is 470 g/mol. The molecule has 0 aliphatic heterocycles. The second kappa shape index (κ2) is 10.9. The van der Waals surface area contributed by atoms with Crippen LogP contribution in [-0.2, 0) is 11.3 Å². The fraction of sp³-hybridized carbons (Fsp3) is 0.385. The summed E-state index contributed by atoms with van der Waals surface area (Å²) in [5.41, 5.74) is 6.52. The average molecular weight is 471 g/mol. The standard InChI is InChI=1S/C26H32F2N4O2/c1-26(2,3)24(32(13-7-12-29)23(34)17-33)25-30-22(20-14-19(27)10-11-21(20)28)16-31(25)15-18-8-5-4-6-9-18/h4-6,8-11,14,16,24,33H,7,12-13,15,17,29H2,1-3H3/t24-/m1/s1. The molecule has 3 aromatic rings. The highest BCUT2D eigenvalue weighted by molar-refractivity contribution is 5.77. The number of nitrogens with zero attached hydrogens (tertiary/aromatic N) is 3. The van der Waals surface area contributed by atoms with Crippen LogP contribution >= 0.6 is 0 Å². The van der Waals surface area contributed by atoms with Gasteiger partial charge in [0.15, 0.2) is 0 Å². The van der Waals surface area contributed by atoms with E-state index in [1.807, 2.05) is 55.7 Å². The molecule has 1 aromatic heterocycles. The Labute approximate surface area is 199 Å². The molecular formula is C26H32F2N4O2. The van der Waals surface area contributed by atoms with Gasteiger partial charge in [-0.3, -0.25) is 4.79 Å². The fourth-order valence-electron chi connectivity index (χ4n) is 4.12. The van der Waals surface area contributed by atoms with E-state index in [1.165, 1.54) is 0 Å². The number of amides is 1. The third-order valence-electron chi connectivity index (χ3n) is 5.64. The lowest BCUT2D eigenvalue weighted by atomic mass is 9.84. The minimum Gasteiger partial charge on any atom is -0.387 e. The summed E-state index contributed by atoms with van der Waals surface area (Å²) in [6, 6.07) is 12.4. The van der Waals surface area contributed by atoms with Crippen molar-refractivity contribution in [2.24, 2.45) is 11.1 Å². The Hall–Kier alpha value is -3.10. The molecule has 1 heterocycles. The number of carbonyl (C=O) groups is 1. The van der Waals surface area contributed by atoms with Crippen molar-refractivity contribution in [2.45, 2.75) is 39.8 Å². The lowest BCUT2D eigenvalue weighted by molar-refractivity contribution is -0.139. The molecule has 0 saturated heterocycles. The Morgan fingerprint density at radius 3 is 2.50 bits per heavy atom. The Morgan fingerprint density at radius 1 is 1.18 bits per heavy atom. The highest BCUT2D eigenvalue weighted by Gasteiger charge is 2.38. The van der Waals surface area contributed by atoms with Crippen molar-refractivity contribution in [1.82, 2.24) is 14.5 Å². The van der Waals surface area contributed by atoms with Crippen LogP contribution in [0.4, 0.5) is 8.78 Å². The first-order chi connectivity index (χ1) is 16.2. The summed E-state index contributed by atoms with van der Waals surface area (Å²) in [6.45, 7) is 6.40. The smallest absolute Gasteiger partial charge is 0.248 e. The summed E-state index contributed by atoms with van der Waals surface area (Å²) in [4.78, 5) is 19.1. The zero-order chi connectivity index (χ0) is 24.9. The van der Waals surface area contributed by atoms with Gasteiger partial charge in [0, 0.05) is 24.8 Å². The quantitative estimate of drug-likeness (QED) is 0.493. The molecule has 182 valence electrons. The van der Waals surface area contributed by atoms with Gasteiger partial charge in [-0.2, -0.15) is 0 Å². The van der Waals surface area contributed by atoms with E-state index in [0.717, 1.165) is 23.8 Å². The molecule has 1 amide bonds. The summed E-state index contributed by atoms with van der Waals surface area (Å²) in [5, 5.41) is 9.68. The molecule has 0 aliphatic carbocycles. The SMILES string of the molecule is CC(C)(C)[C@@H](c1nc(-c2cc(F)ccc2F)cn1Cc1ccccc1)N(CCCN)C(=O)CO. The number of aliphatic hydroxyl groups excluding tert-OH is 1. The van der Waals surface area contributed by atoms with E-state index in [9.17, 15) is 18.7 Å². The molecule has 6 nitrogen and oxygen atoms in total. The highest BCUT2D eigenvalue weighted by atomic mass is 19.1. The highest BCUT2D eigenvalue weighted by Crippen LogP contribution is 2.39. The molecule has 0 saturated carbocycles. The average Bonchev–Trinajstić information content (AvgIpc) is 3.19. The normalized spacial score (nSPS) is 12.6. The predicted molar refractivity (Wildman–Crippen MR) is 128 cm³/mol. The van der Waals surface area contributed by atoms with Crippen molar-refractivity contribution in [3.05, 3.63) is 77.8 Å². The van der Waals surface area contributed by atoms with Gasteiger partial charge in [-0.15, -0.1) is 0 Å². The van der Waals surface area contributed by atoms with Crippen LogP contribution in [0.2, 0.25) is 0 Å². The van der Waals surface area contributed by atoms with E-state index >= 15 is 0 Å². The number of nitrogens with two attached hydrogens (primary N) is 1. The fourth-order valence-corrected chi connectivity index (χ4v) is 4.12. The molecule has 3 N–H and O–H groups in total. The van der Waals surface area contributed by atoms with Crippen molar-refractivity contribution in [1.29, 1.82) is 0 Å². The number of aromatic nitrogens is 2. The Balaban J connectivity index is 2.20.